The molecule has 1 heterocycles. The van der Waals surface area contributed by atoms with E-state index in [1.54, 1.807) is 7.11 Å². The van der Waals surface area contributed by atoms with Gasteiger partial charge in [0, 0.05) is 30.4 Å². The van der Waals surface area contributed by atoms with Crippen LogP contribution in [0.25, 0.3) is 0 Å². The van der Waals surface area contributed by atoms with E-state index in [2.05, 4.69) is 43.4 Å². The van der Waals surface area contributed by atoms with Crippen molar-refractivity contribution in [2.24, 2.45) is 0 Å². The second-order valence-electron chi connectivity index (χ2n) is 5.88. The maximum absolute atomic E-state index is 5.34. The molecule has 0 aliphatic rings. The highest BCUT2D eigenvalue weighted by molar-refractivity contribution is 5.33. The van der Waals surface area contributed by atoms with Crippen LogP contribution in [0.4, 0.5) is 0 Å². The number of para-hydroxylation sites is 1. The third-order valence-corrected chi connectivity index (χ3v) is 3.16. The van der Waals surface area contributed by atoms with Crippen molar-refractivity contribution in [2.45, 2.75) is 39.4 Å². The molecule has 20 heavy (non-hydrogen) atoms. The molecule has 4 heteroatoms. The molecule has 1 N–H and O–H groups in total. The molecule has 0 saturated heterocycles. The molecule has 0 fully saturated rings. The Balaban J connectivity index is 1.91. The minimum absolute atomic E-state index is 0.0287. The van der Waals surface area contributed by atoms with Crippen LogP contribution in [0.2, 0.25) is 0 Å². The molecular formula is C16H23N3O. The Morgan fingerprint density at radius 1 is 1.20 bits per heavy atom. The van der Waals surface area contributed by atoms with Crippen LogP contribution < -0.4 is 10.1 Å². The van der Waals surface area contributed by atoms with E-state index in [9.17, 15) is 0 Å². The molecule has 0 amide bonds. The third-order valence-electron chi connectivity index (χ3n) is 3.16. The van der Waals surface area contributed by atoms with Crippen LogP contribution in [-0.4, -0.2) is 16.9 Å². The van der Waals surface area contributed by atoms with Crippen molar-refractivity contribution in [2.75, 3.05) is 7.11 Å². The molecule has 0 radical (unpaired) electrons. The van der Waals surface area contributed by atoms with E-state index in [0.717, 1.165) is 18.8 Å². The van der Waals surface area contributed by atoms with Gasteiger partial charge in [-0.3, -0.25) is 4.68 Å². The summed E-state index contributed by atoms with van der Waals surface area (Å²) >= 11 is 0. The molecule has 2 aromatic rings. The van der Waals surface area contributed by atoms with Crippen molar-refractivity contribution in [3.05, 3.63) is 47.8 Å². The lowest BCUT2D eigenvalue weighted by atomic mass is 10.1. The topological polar surface area (TPSA) is 39.1 Å². The SMILES string of the molecule is COc1ccccc1CNCc1cnn(C(C)(C)C)c1. The number of nitrogens with one attached hydrogen (secondary N) is 1. The van der Waals surface area contributed by atoms with E-state index in [1.165, 1.54) is 11.1 Å². The molecule has 0 atom stereocenters. The fraction of sp³-hybridized carbons (Fsp3) is 0.438. The fourth-order valence-corrected chi connectivity index (χ4v) is 2.01. The predicted molar refractivity (Wildman–Crippen MR) is 80.8 cm³/mol. The molecule has 2 rings (SSSR count). The van der Waals surface area contributed by atoms with E-state index in [4.69, 9.17) is 4.74 Å². The number of hydrogen-bond acceptors (Lipinski definition) is 3. The Hall–Kier alpha value is -1.81. The first kappa shape index (κ1) is 14.6. The van der Waals surface area contributed by atoms with Crippen molar-refractivity contribution in [3.63, 3.8) is 0 Å². The largest absolute Gasteiger partial charge is 0.496 e. The zero-order valence-electron chi connectivity index (χ0n) is 12.7. The van der Waals surface area contributed by atoms with Crippen molar-refractivity contribution in [1.82, 2.24) is 15.1 Å². The van der Waals surface area contributed by atoms with Crippen LogP contribution >= 0.6 is 0 Å². The average molecular weight is 273 g/mol. The predicted octanol–water partition coefficient (Wildman–Crippen LogP) is 2.94. The molecule has 0 saturated carbocycles. The van der Waals surface area contributed by atoms with Crippen LogP contribution in [0.1, 0.15) is 31.9 Å². The van der Waals surface area contributed by atoms with Gasteiger partial charge in [-0.05, 0) is 26.8 Å². The minimum atomic E-state index is 0.0287. The number of hydrogen-bond donors (Lipinski definition) is 1. The normalized spacial score (nSPS) is 11.6. The highest BCUT2D eigenvalue weighted by Gasteiger charge is 2.13. The molecule has 0 spiro atoms. The number of benzene rings is 1. The van der Waals surface area contributed by atoms with Gasteiger partial charge in [-0.2, -0.15) is 5.10 Å². The summed E-state index contributed by atoms with van der Waals surface area (Å²) in [7, 11) is 1.70. The van der Waals surface area contributed by atoms with Crippen molar-refractivity contribution in [1.29, 1.82) is 0 Å². The molecule has 0 aliphatic carbocycles. The fourth-order valence-electron chi connectivity index (χ4n) is 2.01. The van der Waals surface area contributed by atoms with Crippen LogP contribution in [0.15, 0.2) is 36.7 Å². The maximum Gasteiger partial charge on any atom is 0.123 e. The monoisotopic (exact) mass is 273 g/mol. The summed E-state index contributed by atoms with van der Waals surface area (Å²) < 4.78 is 7.33. The maximum atomic E-state index is 5.34. The highest BCUT2D eigenvalue weighted by atomic mass is 16.5. The Bertz CT molecular complexity index is 555. The minimum Gasteiger partial charge on any atom is -0.496 e. The summed E-state index contributed by atoms with van der Waals surface area (Å²) in [6.07, 6.45) is 4.01. The molecule has 4 nitrogen and oxygen atoms in total. The van der Waals surface area contributed by atoms with E-state index in [-0.39, 0.29) is 5.54 Å². The summed E-state index contributed by atoms with van der Waals surface area (Å²) in [6.45, 7) is 8.02. The van der Waals surface area contributed by atoms with E-state index in [1.807, 2.05) is 29.1 Å². The molecule has 108 valence electrons. The lowest BCUT2D eigenvalue weighted by Crippen LogP contribution is -2.22. The van der Waals surface area contributed by atoms with Gasteiger partial charge < -0.3 is 10.1 Å². The Kier molecular flexibility index (Phi) is 4.45. The first-order valence-corrected chi connectivity index (χ1v) is 6.87. The van der Waals surface area contributed by atoms with Crippen molar-refractivity contribution >= 4 is 0 Å². The quantitative estimate of drug-likeness (QED) is 0.910. The Morgan fingerprint density at radius 2 is 1.95 bits per heavy atom. The van der Waals surface area contributed by atoms with Gasteiger partial charge in [-0.25, -0.2) is 0 Å². The zero-order chi connectivity index (χ0) is 14.6. The zero-order valence-corrected chi connectivity index (χ0v) is 12.7. The van der Waals surface area contributed by atoms with Gasteiger partial charge in [-0.1, -0.05) is 18.2 Å². The molecule has 1 aromatic heterocycles. The van der Waals surface area contributed by atoms with E-state index < -0.39 is 0 Å². The summed E-state index contributed by atoms with van der Waals surface area (Å²) in [4.78, 5) is 0. The van der Waals surface area contributed by atoms with Crippen LogP contribution in [0, 0.1) is 0 Å². The van der Waals surface area contributed by atoms with E-state index >= 15 is 0 Å². The lowest BCUT2D eigenvalue weighted by molar-refractivity contribution is 0.355. The number of rotatable bonds is 5. The van der Waals surface area contributed by atoms with Crippen LogP contribution in [-0.2, 0) is 18.6 Å². The van der Waals surface area contributed by atoms with Gasteiger partial charge in [0.1, 0.15) is 5.75 Å². The molecule has 0 bridgehead atoms. The molecule has 0 aliphatic heterocycles. The summed E-state index contributed by atoms with van der Waals surface area (Å²) in [5.74, 6) is 0.922. The van der Waals surface area contributed by atoms with Gasteiger partial charge in [0.2, 0.25) is 0 Å². The standard InChI is InChI=1S/C16H23N3O/c1-16(2,3)19-12-13(10-18-19)9-17-11-14-7-5-6-8-15(14)20-4/h5-8,10,12,17H,9,11H2,1-4H3. The molecule has 0 unspecified atom stereocenters. The third kappa shape index (κ3) is 3.61. The Morgan fingerprint density at radius 3 is 2.60 bits per heavy atom. The number of methoxy groups -OCH3 is 1. The average Bonchev–Trinajstić information content (AvgIpc) is 2.88. The number of aromatic nitrogens is 2. The van der Waals surface area contributed by atoms with Gasteiger partial charge >= 0.3 is 0 Å². The second kappa shape index (κ2) is 6.09. The summed E-state index contributed by atoms with van der Waals surface area (Å²) in [5.41, 5.74) is 2.38. The first-order valence-electron chi connectivity index (χ1n) is 6.87. The van der Waals surface area contributed by atoms with Gasteiger partial charge in [0.15, 0.2) is 0 Å². The van der Waals surface area contributed by atoms with Gasteiger partial charge in [0.25, 0.3) is 0 Å². The summed E-state index contributed by atoms with van der Waals surface area (Å²) in [5, 5.41) is 7.82. The van der Waals surface area contributed by atoms with Gasteiger partial charge in [-0.15, -0.1) is 0 Å². The Labute approximate surface area is 120 Å². The van der Waals surface area contributed by atoms with Gasteiger partial charge in [0.05, 0.1) is 18.8 Å². The van der Waals surface area contributed by atoms with Crippen molar-refractivity contribution < 1.29 is 4.74 Å². The number of nitrogens with zero attached hydrogens (tertiary/aromatic N) is 2. The highest BCUT2D eigenvalue weighted by Crippen LogP contribution is 2.17. The van der Waals surface area contributed by atoms with Crippen LogP contribution in [0.3, 0.4) is 0 Å². The molecule has 1 aromatic carbocycles. The molecular weight excluding hydrogens is 250 g/mol. The number of ether oxygens (including phenoxy) is 1. The van der Waals surface area contributed by atoms with Crippen molar-refractivity contribution in [3.8, 4) is 5.75 Å². The van der Waals surface area contributed by atoms with Crippen LogP contribution in [0.5, 0.6) is 5.75 Å². The van der Waals surface area contributed by atoms with E-state index in [0.29, 0.717) is 0 Å². The smallest absolute Gasteiger partial charge is 0.123 e. The first-order chi connectivity index (χ1) is 9.50. The summed E-state index contributed by atoms with van der Waals surface area (Å²) in [6, 6.07) is 8.06. The second-order valence-corrected chi connectivity index (χ2v) is 5.88. The lowest BCUT2D eigenvalue weighted by Gasteiger charge is -2.18.